The smallest absolute Gasteiger partial charge is 0.407 e. The van der Waals surface area contributed by atoms with Gasteiger partial charge in [-0.3, -0.25) is 0 Å². The standard InChI is InChI=1S/C16H13N3O4/c17-8-11-13(15(20)21)12-9-18(16(22)23)6-7-19(12)14(11)10-4-2-1-3-5-10/h1-5H,6-7,9H2,(H,20,21)(H,22,23). The Hall–Kier alpha value is -3.27. The second-order valence-corrected chi connectivity index (χ2v) is 5.18. The van der Waals surface area contributed by atoms with E-state index >= 15 is 0 Å². The molecule has 0 unspecified atom stereocenters. The van der Waals surface area contributed by atoms with Gasteiger partial charge < -0.3 is 19.7 Å². The lowest BCUT2D eigenvalue weighted by Gasteiger charge is -2.27. The van der Waals surface area contributed by atoms with Crippen LogP contribution in [0, 0.1) is 11.3 Å². The molecule has 116 valence electrons. The van der Waals surface area contributed by atoms with Gasteiger partial charge in [0.15, 0.2) is 0 Å². The third-order valence-corrected chi connectivity index (χ3v) is 3.95. The number of carboxylic acids is 1. The highest BCUT2D eigenvalue weighted by Crippen LogP contribution is 2.34. The summed E-state index contributed by atoms with van der Waals surface area (Å²) in [7, 11) is 0. The third-order valence-electron chi connectivity index (χ3n) is 3.95. The van der Waals surface area contributed by atoms with Crippen LogP contribution in [-0.2, 0) is 13.1 Å². The summed E-state index contributed by atoms with van der Waals surface area (Å²) in [5, 5.41) is 28.1. The molecule has 1 aromatic heterocycles. The van der Waals surface area contributed by atoms with Gasteiger partial charge >= 0.3 is 12.1 Å². The van der Waals surface area contributed by atoms with Crippen LogP contribution in [0.2, 0.25) is 0 Å². The van der Waals surface area contributed by atoms with Crippen LogP contribution in [0.5, 0.6) is 0 Å². The fourth-order valence-corrected chi connectivity index (χ4v) is 2.96. The number of amides is 1. The summed E-state index contributed by atoms with van der Waals surface area (Å²) in [6, 6.07) is 11.0. The van der Waals surface area contributed by atoms with Gasteiger partial charge in [-0.05, 0) is 5.56 Å². The Morgan fingerprint density at radius 2 is 1.83 bits per heavy atom. The molecule has 0 fully saturated rings. The van der Waals surface area contributed by atoms with Crippen molar-refractivity contribution in [2.75, 3.05) is 6.54 Å². The lowest BCUT2D eigenvalue weighted by Crippen LogP contribution is -2.37. The van der Waals surface area contributed by atoms with Gasteiger partial charge in [0.2, 0.25) is 0 Å². The monoisotopic (exact) mass is 311 g/mol. The zero-order chi connectivity index (χ0) is 16.6. The number of nitriles is 1. The molecular weight excluding hydrogens is 298 g/mol. The van der Waals surface area contributed by atoms with E-state index in [9.17, 15) is 20.0 Å². The van der Waals surface area contributed by atoms with E-state index in [1.54, 1.807) is 16.7 Å². The first kappa shape index (κ1) is 14.7. The number of carboxylic acid groups (broad SMARTS) is 2. The molecule has 1 aliphatic heterocycles. The first-order valence-electron chi connectivity index (χ1n) is 6.96. The number of aromatic carboxylic acids is 1. The van der Waals surface area contributed by atoms with Gasteiger partial charge in [-0.2, -0.15) is 5.26 Å². The predicted molar refractivity (Wildman–Crippen MR) is 80.0 cm³/mol. The van der Waals surface area contributed by atoms with Gasteiger partial charge in [-0.15, -0.1) is 0 Å². The summed E-state index contributed by atoms with van der Waals surface area (Å²) in [6.07, 6.45) is -1.10. The first-order valence-corrected chi connectivity index (χ1v) is 6.96. The molecular formula is C16H13N3O4. The molecule has 0 aliphatic carbocycles. The molecule has 1 aliphatic rings. The zero-order valence-corrected chi connectivity index (χ0v) is 12.1. The van der Waals surface area contributed by atoms with Crippen LogP contribution >= 0.6 is 0 Å². The number of rotatable bonds is 2. The normalized spacial score (nSPS) is 13.3. The maximum absolute atomic E-state index is 11.6. The van der Waals surface area contributed by atoms with Crippen molar-refractivity contribution in [3.05, 3.63) is 47.2 Å². The van der Waals surface area contributed by atoms with Crippen molar-refractivity contribution >= 4 is 12.1 Å². The van der Waals surface area contributed by atoms with E-state index in [-0.39, 0.29) is 24.2 Å². The fraction of sp³-hybridized carbons (Fsp3) is 0.188. The second-order valence-electron chi connectivity index (χ2n) is 5.18. The summed E-state index contributed by atoms with van der Waals surface area (Å²) < 4.78 is 1.75. The Bertz CT molecular complexity index is 833. The van der Waals surface area contributed by atoms with Crippen LogP contribution in [0.1, 0.15) is 21.6 Å². The number of hydrogen-bond donors (Lipinski definition) is 2. The van der Waals surface area contributed by atoms with Crippen molar-refractivity contribution in [2.24, 2.45) is 0 Å². The van der Waals surface area contributed by atoms with E-state index in [0.717, 1.165) is 10.5 Å². The molecule has 7 nitrogen and oxygen atoms in total. The van der Waals surface area contributed by atoms with Gasteiger partial charge in [0.1, 0.15) is 11.6 Å². The minimum absolute atomic E-state index is 0.0432. The van der Waals surface area contributed by atoms with E-state index in [2.05, 4.69) is 0 Å². The Kier molecular flexibility index (Phi) is 3.50. The summed E-state index contributed by atoms with van der Waals surface area (Å²) in [5.74, 6) is -1.22. The molecule has 7 heteroatoms. The highest BCUT2D eigenvalue weighted by Gasteiger charge is 2.32. The Morgan fingerprint density at radius 3 is 2.39 bits per heavy atom. The molecule has 0 spiro atoms. The summed E-state index contributed by atoms with van der Waals surface area (Å²) >= 11 is 0. The van der Waals surface area contributed by atoms with E-state index in [4.69, 9.17) is 5.11 Å². The Morgan fingerprint density at radius 1 is 1.13 bits per heavy atom. The van der Waals surface area contributed by atoms with Crippen LogP contribution in [0.25, 0.3) is 11.3 Å². The SMILES string of the molecule is N#Cc1c(C(=O)O)c2n(c1-c1ccccc1)CCN(C(=O)O)C2. The van der Waals surface area contributed by atoms with Gasteiger partial charge in [0.25, 0.3) is 0 Å². The van der Waals surface area contributed by atoms with E-state index in [1.165, 1.54) is 0 Å². The van der Waals surface area contributed by atoms with Crippen LogP contribution in [0.3, 0.4) is 0 Å². The number of carbonyl (C=O) groups is 2. The van der Waals surface area contributed by atoms with Crippen molar-refractivity contribution in [3.63, 3.8) is 0 Å². The average Bonchev–Trinajstić information content (AvgIpc) is 2.88. The van der Waals surface area contributed by atoms with E-state index < -0.39 is 12.1 Å². The van der Waals surface area contributed by atoms with Crippen molar-refractivity contribution in [2.45, 2.75) is 13.1 Å². The fourth-order valence-electron chi connectivity index (χ4n) is 2.96. The topological polar surface area (TPSA) is 107 Å². The maximum Gasteiger partial charge on any atom is 0.407 e. The zero-order valence-electron chi connectivity index (χ0n) is 12.1. The number of aromatic nitrogens is 1. The van der Waals surface area contributed by atoms with Crippen LogP contribution in [0.4, 0.5) is 4.79 Å². The van der Waals surface area contributed by atoms with Crippen LogP contribution in [-0.4, -0.2) is 38.3 Å². The van der Waals surface area contributed by atoms with E-state index in [0.29, 0.717) is 17.9 Å². The molecule has 0 saturated heterocycles. The van der Waals surface area contributed by atoms with Gasteiger partial charge in [-0.1, -0.05) is 30.3 Å². The summed E-state index contributed by atoms with van der Waals surface area (Å²) in [5.41, 5.74) is 1.58. The van der Waals surface area contributed by atoms with Gasteiger partial charge in [0.05, 0.1) is 23.5 Å². The number of fused-ring (bicyclic) bond motifs is 1. The molecule has 0 radical (unpaired) electrons. The van der Waals surface area contributed by atoms with Crippen LogP contribution in [0.15, 0.2) is 30.3 Å². The van der Waals surface area contributed by atoms with Crippen molar-refractivity contribution in [1.82, 2.24) is 9.47 Å². The van der Waals surface area contributed by atoms with E-state index in [1.807, 2.05) is 24.3 Å². The average molecular weight is 311 g/mol. The molecule has 1 amide bonds. The lowest BCUT2D eigenvalue weighted by molar-refractivity contribution is 0.0691. The number of nitrogens with zero attached hydrogens (tertiary/aromatic N) is 3. The molecule has 23 heavy (non-hydrogen) atoms. The molecule has 3 rings (SSSR count). The molecule has 0 bridgehead atoms. The number of benzene rings is 1. The second kappa shape index (κ2) is 5.50. The predicted octanol–water partition coefficient (Wildman–Crippen LogP) is 2.22. The van der Waals surface area contributed by atoms with Gasteiger partial charge in [0, 0.05) is 13.1 Å². The minimum Gasteiger partial charge on any atom is -0.478 e. The van der Waals surface area contributed by atoms with Gasteiger partial charge in [-0.25, -0.2) is 9.59 Å². The molecule has 2 N–H and O–H groups in total. The first-order chi connectivity index (χ1) is 11.0. The van der Waals surface area contributed by atoms with Crippen LogP contribution < -0.4 is 0 Å². The highest BCUT2D eigenvalue weighted by molar-refractivity contribution is 5.96. The highest BCUT2D eigenvalue weighted by atomic mass is 16.4. The summed E-state index contributed by atoms with van der Waals surface area (Å²) in [6.45, 7) is 0.521. The summed E-state index contributed by atoms with van der Waals surface area (Å²) in [4.78, 5) is 24.0. The Balaban J connectivity index is 2.27. The Labute approximate surface area is 131 Å². The molecule has 2 aromatic rings. The lowest BCUT2D eigenvalue weighted by atomic mass is 10.0. The third kappa shape index (κ3) is 2.30. The largest absolute Gasteiger partial charge is 0.478 e. The van der Waals surface area contributed by atoms with Crippen molar-refractivity contribution in [1.29, 1.82) is 5.26 Å². The van der Waals surface area contributed by atoms with Crippen molar-refractivity contribution < 1.29 is 19.8 Å². The quantitative estimate of drug-likeness (QED) is 0.884. The molecule has 0 saturated carbocycles. The molecule has 0 atom stereocenters. The molecule has 1 aromatic carbocycles. The number of hydrogen-bond acceptors (Lipinski definition) is 3. The van der Waals surface area contributed by atoms with Crippen molar-refractivity contribution in [3.8, 4) is 17.3 Å². The maximum atomic E-state index is 11.6. The molecule has 2 heterocycles. The minimum atomic E-state index is -1.22.